The Morgan fingerprint density at radius 1 is 1.28 bits per heavy atom. The summed E-state index contributed by atoms with van der Waals surface area (Å²) in [6.45, 7) is 4.35. The third-order valence-corrected chi connectivity index (χ3v) is 1.46. The van der Waals surface area contributed by atoms with Gasteiger partial charge in [-0.1, -0.05) is 13.8 Å². The maximum absolute atomic E-state index is 11.7. The molecule has 18 heavy (non-hydrogen) atoms. The van der Waals surface area contributed by atoms with E-state index in [9.17, 15) is 18.0 Å². The molecule has 0 saturated carbocycles. The van der Waals surface area contributed by atoms with Gasteiger partial charge in [0.2, 0.25) is 5.95 Å². The van der Waals surface area contributed by atoms with Crippen LogP contribution in [0.1, 0.15) is 19.4 Å². The number of urea groups is 1. The number of halogens is 3. The predicted molar refractivity (Wildman–Crippen MR) is 61.2 cm³/mol. The minimum Gasteiger partial charge on any atom is -0.329 e. The summed E-state index contributed by atoms with van der Waals surface area (Å²) in [6, 6.07) is -0.999. The molecule has 0 fully saturated rings. The summed E-state index contributed by atoms with van der Waals surface area (Å²) in [5.74, 6) is -0.0507. The molecule has 0 bridgehead atoms. The average molecular weight is 264 g/mol. The predicted octanol–water partition coefficient (Wildman–Crippen LogP) is 2.50. The van der Waals surface area contributed by atoms with E-state index in [1.807, 2.05) is 13.8 Å². The highest BCUT2D eigenvalue weighted by Crippen LogP contribution is 2.12. The fourth-order valence-corrected chi connectivity index (χ4v) is 0.783. The van der Waals surface area contributed by atoms with Crippen molar-refractivity contribution in [3.63, 3.8) is 0 Å². The van der Waals surface area contributed by atoms with Gasteiger partial charge in [0.1, 0.15) is 6.54 Å². The van der Waals surface area contributed by atoms with Crippen molar-refractivity contribution in [2.45, 2.75) is 26.9 Å². The van der Waals surface area contributed by atoms with E-state index in [-0.39, 0.29) is 5.95 Å². The summed E-state index contributed by atoms with van der Waals surface area (Å²) in [6.07, 6.45) is -1.57. The van der Waals surface area contributed by atoms with Crippen LogP contribution in [-0.4, -0.2) is 28.7 Å². The van der Waals surface area contributed by atoms with Gasteiger partial charge < -0.3 is 5.32 Å². The number of anilines is 1. The summed E-state index contributed by atoms with van der Waals surface area (Å²) in [7, 11) is 0. The van der Waals surface area contributed by atoms with Gasteiger partial charge in [-0.25, -0.2) is 14.8 Å². The molecule has 0 radical (unpaired) electrons. The minimum atomic E-state index is -4.44. The zero-order valence-electron chi connectivity index (χ0n) is 10.3. The fraction of sp³-hybridized carbons (Fsp3) is 0.500. The number of carbonyl (C=O) groups is 1. The molecule has 1 aromatic rings. The van der Waals surface area contributed by atoms with Crippen molar-refractivity contribution >= 4 is 12.0 Å². The van der Waals surface area contributed by atoms with E-state index in [4.69, 9.17) is 0 Å². The maximum atomic E-state index is 11.7. The lowest BCUT2D eigenvalue weighted by atomic mass is 10.4. The van der Waals surface area contributed by atoms with E-state index in [0.29, 0.717) is 0 Å². The van der Waals surface area contributed by atoms with Gasteiger partial charge in [-0.05, 0) is 12.5 Å². The zero-order chi connectivity index (χ0) is 14.2. The molecule has 0 atom stereocenters. The molecule has 2 N–H and O–H groups in total. The molecule has 0 aliphatic heterocycles. The summed E-state index contributed by atoms with van der Waals surface area (Å²) >= 11 is 0. The maximum Gasteiger partial charge on any atom is 0.405 e. The molecule has 0 aliphatic carbocycles. The number of alkyl halides is 3. The second kappa shape index (κ2) is 7.46. The van der Waals surface area contributed by atoms with Crippen molar-refractivity contribution < 1.29 is 18.0 Å². The lowest BCUT2D eigenvalue weighted by molar-refractivity contribution is -0.122. The van der Waals surface area contributed by atoms with Crippen molar-refractivity contribution in [3.8, 4) is 0 Å². The van der Waals surface area contributed by atoms with Crippen molar-refractivity contribution in [1.29, 1.82) is 0 Å². The fourth-order valence-electron chi connectivity index (χ4n) is 0.783. The molecule has 0 aliphatic rings. The molecule has 8 heteroatoms. The molecule has 0 unspecified atom stereocenters. The summed E-state index contributed by atoms with van der Waals surface area (Å²) < 4.78 is 35.2. The average Bonchev–Trinajstić information content (AvgIpc) is 2.31. The van der Waals surface area contributed by atoms with Crippen molar-refractivity contribution in [2.75, 3.05) is 11.9 Å². The van der Waals surface area contributed by atoms with Gasteiger partial charge in [0, 0.05) is 12.4 Å². The summed E-state index contributed by atoms with van der Waals surface area (Å²) in [5, 5.41) is 3.70. The molecule has 1 heterocycles. The van der Waals surface area contributed by atoms with Crippen LogP contribution >= 0.6 is 0 Å². The van der Waals surface area contributed by atoms with Crippen molar-refractivity contribution in [1.82, 2.24) is 15.3 Å². The van der Waals surface area contributed by atoms with Crippen LogP contribution in [0, 0.1) is 6.92 Å². The van der Waals surface area contributed by atoms with Gasteiger partial charge in [0.05, 0.1) is 0 Å². The quantitative estimate of drug-likeness (QED) is 0.862. The molecule has 0 spiro atoms. The van der Waals surface area contributed by atoms with Crippen LogP contribution in [0.25, 0.3) is 0 Å². The SMILES string of the molecule is CC.Cc1cnc(NC(=O)NCC(F)(F)F)nc1. The monoisotopic (exact) mass is 264 g/mol. The summed E-state index contributed by atoms with van der Waals surface area (Å²) in [4.78, 5) is 18.3. The van der Waals surface area contributed by atoms with Gasteiger partial charge in [-0.2, -0.15) is 13.2 Å². The Morgan fingerprint density at radius 3 is 2.22 bits per heavy atom. The van der Waals surface area contributed by atoms with E-state index in [1.165, 1.54) is 12.4 Å². The van der Waals surface area contributed by atoms with Crippen LogP contribution in [0.4, 0.5) is 23.9 Å². The number of carbonyl (C=O) groups excluding carboxylic acids is 1. The first kappa shape index (κ1) is 16.1. The van der Waals surface area contributed by atoms with Gasteiger partial charge in [0.15, 0.2) is 0 Å². The van der Waals surface area contributed by atoms with Crippen LogP contribution in [0.15, 0.2) is 12.4 Å². The van der Waals surface area contributed by atoms with E-state index >= 15 is 0 Å². The number of hydrogen-bond donors (Lipinski definition) is 2. The van der Waals surface area contributed by atoms with E-state index < -0.39 is 18.8 Å². The molecule has 102 valence electrons. The van der Waals surface area contributed by atoms with Crippen LogP contribution in [0.3, 0.4) is 0 Å². The van der Waals surface area contributed by atoms with Crippen LogP contribution in [0.2, 0.25) is 0 Å². The smallest absolute Gasteiger partial charge is 0.329 e. The van der Waals surface area contributed by atoms with E-state index in [0.717, 1.165) is 5.56 Å². The Hall–Kier alpha value is -1.86. The lowest BCUT2D eigenvalue weighted by Crippen LogP contribution is -2.37. The normalized spacial score (nSPS) is 10.1. The number of rotatable bonds is 2. The second-order valence-electron chi connectivity index (χ2n) is 3.01. The zero-order valence-corrected chi connectivity index (χ0v) is 10.3. The Bertz CT molecular complexity index is 364. The molecule has 1 rings (SSSR count). The largest absolute Gasteiger partial charge is 0.405 e. The number of nitrogens with zero attached hydrogens (tertiary/aromatic N) is 2. The molecule has 0 aromatic carbocycles. The van der Waals surface area contributed by atoms with Gasteiger partial charge in [0.25, 0.3) is 0 Å². The number of nitrogens with one attached hydrogen (secondary N) is 2. The molecule has 1 aromatic heterocycles. The summed E-state index contributed by atoms with van der Waals surface area (Å²) in [5.41, 5.74) is 0.779. The third kappa shape index (κ3) is 7.42. The second-order valence-corrected chi connectivity index (χ2v) is 3.01. The molecule has 5 nitrogen and oxygen atoms in total. The van der Waals surface area contributed by atoms with Crippen molar-refractivity contribution in [2.24, 2.45) is 0 Å². The Morgan fingerprint density at radius 2 is 1.78 bits per heavy atom. The van der Waals surface area contributed by atoms with Crippen LogP contribution < -0.4 is 10.6 Å². The Labute approximate surface area is 103 Å². The van der Waals surface area contributed by atoms with Crippen LogP contribution in [-0.2, 0) is 0 Å². The van der Waals surface area contributed by atoms with Gasteiger partial charge in [-0.15, -0.1) is 0 Å². The first-order chi connectivity index (χ1) is 8.37. The van der Waals surface area contributed by atoms with E-state index in [1.54, 1.807) is 12.2 Å². The Balaban J connectivity index is 0.00000137. The van der Waals surface area contributed by atoms with E-state index in [2.05, 4.69) is 15.3 Å². The van der Waals surface area contributed by atoms with Crippen LogP contribution in [0.5, 0.6) is 0 Å². The molecular weight excluding hydrogens is 249 g/mol. The topological polar surface area (TPSA) is 66.9 Å². The van der Waals surface area contributed by atoms with Crippen molar-refractivity contribution in [3.05, 3.63) is 18.0 Å². The number of amides is 2. The Kier molecular flexibility index (Phi) is 6.69. The number of hydrogen-bond acceptors (Lipinski definition) is 3. The highest BCUT2D eigenvalue weighted by atomic mass is 19.4. The molecule has 2 amide bonds. The van der Waals surface area contributed by atoms with Gasteiger partial charge in [-0.3, -0.25) is 5.32 Å². The molecular formula is C10H15F3N4O. The first-order valence-electron chi connectivity index (χ1n) is 5.27. The lowest BCUT2D eigenvalue weighted by Gasteiger charge is -2.08. The highest BCUT2D eigenvalue weighted by molar-refractivity contribution is 5.87. The van der Waals surface area contributed by atoms with Gasteiger partial charge >= 0.3 is 12.2 Å². The standard InChI is InChI=1S/C8H9F3N4O.C2H6/c1-5-2-12-6(13-3-5)15-7(16)14-4-8(9,10)11;1-2/h2-3H,4H2,1H3,(H2,12,13,14,15,16);1-2H3. The minimum absolute atomic E-state index is 0.0507. The number of aryl methyl sites for hydroxylation is 1. The molecule has 0 saturated heterocycles. The third-order valence-electron chi connectivity index (χ3n) is 1.46. The highest BCUT2D eigenvalue weighted by Gasteiger charge is 2.27. The number of aromatic nitrogens is 2. The first-order valence-corrected chi connectivity index (χ1v) is 5.27.